The third-order valence-corrected chi connectivity index (χ3v) is 12.6. The number of benzene rings is 2. The number of carbonyl (C=O) groups is 5. The van der Waals surface area contributed by atoms with E-state index in [4.69, 9.17) is 5.11 Å². The van der Waals surface area contributed by atoms with Crippen LogP contribution in [0.1, 0.15) is 61.9 Å². The summed E-state index contributed by atoms with van der Waals surface area (Å²) < 4.78 is 61.0. The number of aliphatic carboxylic acids is 1. The van der Waals surface area contributed by atoms with E-state index in [9.17, 15) is 37.1 Å². The van der Waals surface area contributed by atoms with Crippen molar-refractivity contribution in [3.8, 4) is 11.1 Å². The summed E-state index contributed by atoms with van der Waals surface area (Å²) >= 11 is -0.733. The van der Waals surface area contributed by atoms with Gasteiger partial charge in [-0.1, -0.05) is 0 Å². The zero-order valence-electron chi connectivity index (χ0n) is 27.1. The second kappa shape index (κ2) is 15.1. The molecule has 3 unspecified atom stereocenters. The Hall–Kier alpha value is -4.42. The Morgan fingerprint density at radius 2 is 1.69 bits per heavy atom. The van der Waals surface area contributed by atoms with Crippen molar-refractivity contribution < 1.29 is 67.8 Å². The molecule has 0 aliphatic heterocycles. The molecule has 2 aromatic heterocycles. The standard InChI is InChI=1S/C34H34F4IN6O6/c35-24-12-20-14-42-45(30(49)10-9-27(46)39-21-4-1-3-18-11-19(18)7-8-21)26(20)13-23(24)22-5-2-6-25-32(22)33(34(36,37)38)43-44(25)17-29(48)40-15-28(47)41-16-31(50)51/h2,5-6,12-14,18-19,21H,1,3-4,7-11,15-17H2,(H,40,48)(H,41,47)(H,50,51)/q-1. The number of hydrogen-bond acceptors (Lipinski definition) is 7. The number of hydrogen-bond donors (Lipinski definition) is 3. The van der Waals surface area contributed by atoms with Crippen molar-refractivity contribution in [1.29, 1.82) is 0 Å². The molecule has 2 fully saturated rings. The number of halogens is 5. The Morgan fingerprint density at radius 3 is 2.45 bits per heavy atom. The van der Waals surface area contributed by atoms with E-state index in [2.05, 4.69) is 15.5 Å². The summed E-state index contributed by atoms with van der Waals surface area (Å²) in [5.41, 5.74) is -1.85. The molecule has 51 heavy (non-hydrogen) atoms. The predicted molar refractivity (Wildman–Crippen MR) is 170 cm³/mol. The molecule has 3 atom stereocenters. The maximum absolute atomic E-state index is 15.6. The van der Waals surface area contributed by atoms with E-state index in [1.54, 1.807) is 0 Å². The molecule has 12 nitrogen and oxygen atoms in total. The molecule has 2 saturated carbocycles. The Kier molecular flexibility index (Phi) is 10.7. The van der Waals surface area contributed by atoms with Crippen molar-refractivity contribution >= 4 is 49.3 Å². The quantitative estimate of drug-likeness (QED) is 0.0839. The second-order valence-corrected chi connectivity index (χ2v) is 16.4. The summed E-state index contributed by atoms with van der Waals surface area (Å²) in [4.78, 5) is 61.1. The van der Waals surface area contributed by atoms with E-state index in [0.29, 0.717) is 3.92 Å². The molecule has 2 aromatic carbocycles. The molecule has 2 amide bonds. The summed E-state index contributed by atoms with van der Waals surface area (Å²) in [6, 6.07) is 6.21. The van der Waals surface area contributed by atoms with Gasteiger partial charge in [0.25, 0.3) is 0 Å². The topological polar surface area (TPSA) is 165 Å². The van der Waals surface area contributed by atoms with E-state index in [1.807, 2.05) is 5.32 Å². The maximum atomic E-state index is 15.6. The molecule has 2 heterocycles. The Balaban J connectivity index is 1.22. The first-order valence-corrected chi connectivity index (χ1v) is 18.8. The van der Waals surface area contributed by atoms with Crippen LogP contribution >= 0.6 is 0 Å². The fourth-order valence-electron chi connectivity index (χ4n) is 6.64. The van der Waals surface area contributed by atoms with Gasteiger partial charge in [0.05, 0.1) is 6.54 Å². The number of nitrogens with zero attached hydrogens (tertiary/aromatic N) is 4. The van der Waals surface area contributed by atoms with Gasteiger partial charge in [0.2, 0.25) is 11.8 Å². The molecule has 0 saturated heterocycles. The van der Waals surface area contributed by atoms with Crippen LogP contribution in [0.15, 0.2) is 36.5 Å². The van der Waals surface area contributed by atoms with E-state index in [0.717, 1.165) is 46.5 Å². The van der Waals surface area contributed by atoms with E-state index in [1.165, 1.54) is 49.7 Å². The van der Waals surface area contributed by atoms with Crippen molar-refractivity contribution in [2.45, 2.75) is 68.0 Å². The Labute approximate surface area is 298 Å². The average molecular weight is 826 g/mol. The zero-order chi connectivity index (χ0) is 36.4. The first kappa shape index (κ1) is 36.4. The van der Waals surface area contributed by atoms with Crippen LogP contribution in [-0.2, 0) is 31.9 Å². The number of amides is 2. The number of fused-ring (bicyclic) bond motifs is 3. The number of nitrogens with one attached hydrogen (secondary N) is 2. The molecule has 0 spiro atoms. The number of rotatable bonds is 12. The molecular formula is C34H34F4IN6O6-. The average Bonchev–Trinajstić information content (AvgIpc) is 3.48. The Morgan fingerprint density at radius 1 is 0.922 bits per heavy atom. The van der Waals surface area contributed by atoms with E-state index in [-0.39, 0.29) is 44.2 Å². The number of carboxylic acid groups (broad SMARTS) is 1. The first-order chi connectivity index (χ1) is 24.3. The first-order valence-electron chi connectivity index (χ1n) is 16.5. The van der Waals surface area contributed by atoms with Gasteiger partial charge in [-0.25, -0.2) is 0 Å². The molecule has 0 radical (unpaired) electrons. The fourth-order valence-corrected chi connectivity index (χ4v) is 9.62. The molecule has 2 aliphatic rings. The van der Waals surface area contributed by atoms with Gasteiger partial charge < -0.3 is 15.7 Å². The van der Waals surface area contributed by atoms with Crippen molar-refractivity contribution in [1.82, 2.24) is 30.2 Å². The monoisotopic (exact) mass is 825 g/mol. The van der Waals surface area contributed by atoms with Crippen LogP contribution in [0.5, 0.6) is 0 Å². The summed E-state index contributed by atoms with van der Waals surface area (Å²) in [6.07, 6.45) is 3.19. The SMILES string of the molecule is O=C(O)CNC(=O)CNC(=O)Cn1nc(C(F)(F)F)c2c(-c3cc4c(cnn4C(=O)CCC(=O)[I-]C4CCCC5CC5CC4)cc3F)cccc21. The minimum absolute atomic E-state index is 0.0676. The van der Waals surface area contributed by atoms with Gasteiger partial charge in [-0.15, -0.1) is 0 Å². The van der Waals surface area contributed by atoms with Crippen LogP contribution in [-0.4, -0.2) is 69.2 Å². The third-order valence-electron chi connectivity index (χ3n) is 9.23. The third kappa shape index (κ3) is 8.56. The molecular weight excluding hydrogens is 791 g/mol. The molecule has 3 N–H and O–H groups in total. The number of aromatic nitrogens is 4. The molecule has 2 aliphatic carbocycles. The van der Waals surface area contributed by atoms with Gasteiger partial charge >= 0.3 is 225 Å². The number of carbonyl (C=O) groups excluding carboxylic acids is 4. The van der Waals surface area contributed by atoms with Crippen LogP contribution in [0.25, 0.3) is 32.9 Å². The van der Waals surface area contributed by atoms with E-state index >= 15 is 4.39 Å². The van der Waals surface area contributed by atoms with Gasteiger partial charge in [0.15, 0.2) is 0 Å². The van der Waals surface area contributed by atoms with Crippen LogP contribution < -0.4 is 31.8 Å². The normalized spacial score (nSPS) is 18.9. The molecule has 272 valence electrons. The molecule has 6 rings (SSSR count). The second-order valence-electron chi connectivity index (χ2n) is 12.8. The van der Waals surface area contributed by atoms with Crippen molar-refractivity contribution in [2.75, 3.05) is 13.1 Å². The molecule has 0 bridgehead atoms. The van der Waals surface area contributed by atoms with Crippen LogP contribution in [0, 0.1) is 17.7 Å². The Bertz CT molecular complexity index is 2030. The van der Waals surface area contributed by atoms with E-state index < -0.39 is 87.6 Å². The van der Waals surface area contributed by atoms with Gasteiger partial charge in [0.1, 0.15) is 13.1 Å². The van der Waals surface area contributed by atoms with Gasteiger partial charge in [-0.3, -0.25) is 14.4 Å². The fraction of sp³-hybridized carbons (Fsp3) is 0.441. The minimum atomic E-state index is -5.02. The molecule has 4 aromatic rings. The summed E-state index contributed by atoms with van der Waals surface area (Å²) in [7, 11) is 0. The molecule has 17 heteroatoms. The summed E-state index contributed by atoms with van der Waals surface area (Å²) in [5.74, 6) is -2.72. The van der Waals surface area contributed by atoms with Crippen LogP contribution in [0.4, 0.5) is 17.6 Å². The predicted octanol–water partition coefficient (Wildman–Crippen LogP) is 1.53. The van der Waals surface area contributed by atoms with Crippen molar-refractivity contribution in [2.24, 2.45) is 11.8 Å². The number of alkyl halides is 4. The number of carboxylic acids is 1. The van der Waals surface area contributed by atoms with Gasteiger partial charge in [-0.05, 0) is 0 Å². The van der Waals surface area contributed by atoms with Crippen LogP contribution in [0.2, 0.25) is 0 Å². The van der Waals surface area contributed by atoms with Gasteiger partial charge in [0, 0.05) is 0 Å². The van der Waals surface area contributed by atoms with Crippen molar-refractivity contribution in [3.63, 3.8) is 0 Å². The van der Waals surface area contributed by atoms with Gasteiger partial charge in [-0.2, -0.15) is 13.2 Å². The summed E-state index contributed by atoms with van der Waals surface area (Å²) in [6.45, 7) is -2.06. The zero-order valence-corrected chi connectivity index (χ0v) is 29.3. The van der Waals surface area contributed by atoms with Crippen LogP contribution in [0.3, 0.4) is 0 Å². The van der Waals surface area contributed by atoms with Crippen molar-refractivity contribution in [3.05, 3.63) is 48.0 Å². The summed E-state index contributed by atoms with van der Waals surface area (Å²) in [5, 5.41) is 20.4.